The Kier molecular flexibility index (Phi) is 5.93. The molecular weight excluding hydrogens is 362 g/mol. The van der Waals surface area contributed by atoms with Crippen LogP contribution in [-0.2, 0) is 18.4 Å². The van der Waals surface area contributed by atoms with Gasteiger partial charge < -0.3 is 14.8 Å². The lowest BCUT2D eigenvalue weighted by molar-refractivity contribution is -0.116. The third-order valence-electron chi connectivity index (χ3n) is 3.98. The van der Waals surface area contributed by atoms with Crippen molar-refractivity contribution in [2.45, 2.75) is 6.54 Å². The standard InChI is InChI=1S/C20H21N3O3S/c1-23-16(19-5-4-10-27-19)12-15(22-23)13-21-20(24)9-7-14-6-8-17(25-2)18(11-14)26-3/h4-12H,13H2,1-3H3,(H,21,24)/b9-7+. The van der Waals surface area contributed by atoms with Crippen molar-refractivity contribution >= 4 is 23.3 Å². The molecule has 6 nitrogen and oxygen atoms in total. The molecular formula is C20H21N3O3S. The smallest absolute Gasteiger partial charge is 0.244 e. The van der Waals surface area contributed by atoms with Crippen LogP contribution in [0.2, 0.25) is 0 Å². The number of benzene rings is 1. The lowest BCUT2D eigenvalue weighted by Gasteiger charge is -2.07. The Balaban J connectivity index is 1.60. The number of nitrogens with zero attached hydrogens (tertiary/aromatic N) is 2. The van der Waals surface area contributed by atoms with Crippen LogP contribution < -0.4 is 14.8 Å². The normalized spacial score (nSPS) is 10.9. The van der Waals surface area contributed by atoms with E-state index in [-0.39, 0.29) is 5.91 Å². The number of carbonyl (C=O) groups is 1. The number of ether oxygens (including phenoxy) is 2. The van der Waals surface area contributed by atoms with Gasteiger partial charge in [-0.1, -0.05) is 12.1 Å². The number of hydrogen-bond donors (Lipinski definition) is 1. The number of hydrogen-bond acceptors (Lipinski definition) is 5. The highest BCUT2D eigenvalue weighted by molar-refractivity contribution is 7.13. The van der Waals surface area contributed by atoms with Gasteiger partial charge >= 0.3 is 0 Å². The second-order valence-corrected chi connectivity index (χ2v) is 6.74. The minimum absolute atomic E-state index is 0.187. The van der Waals surface area contributed by atoms with Crippen LogP contribution in [0.25, 0.3) is 16.6 Å². The number of thiophene rings is 1. The minimum atomic E-state index is -0.187. The fraction of sp³-hybridized carbons (Fsp3) is 0.200. The molecule has 0 atom stereocenters. The maximum Gasteiger partial charge on any atom is 0.244 e. The molecule has 0 radical (unpaired) electrons. The Morgan fingerprint density at radius 1 is 1.22 bits per heavy atom. The van der Waals surface area contributed by atoms with Gasteiger partial charge in [0.2, 0.25) is 5.91 Å². The first-order chi connectivity index (χ1) is 13.1. The first kappa shape index (κ1) is 18.7. The van der Waals surface area contributed by atoms with Crippen molar-refractivity contribution in [2.75, 3.05) is 14.2 Å². The number of methoxy groups -OCH3 is 2. The van der Waals surface area contributed by atoms with E-state index in [2.05, 4.69) is 16.5 Å². The van der Waals surface area contributed by atoms with E-state index in [1.54, 1.807) is 37.7 Å². The van der Waals surface area contributed by atoms with E-state index < -0.39 is 0 Å². The zero-order valence-corrected chi connectivity index (χ0v) is 16.2. The highest BCUT2D eigenvalue weighted by atomic mass is 32.1. The Labute approximate surface area is 162 Å². The first-order valence-corrected chi connectivity index (χ1v) is 9.23. The van der Waals surface area contributed by atoms with Crippen molar-refractivity contribution in [1.29, 1.82) is 0 Å². The molecule has 0 aliphatic heterocycles. The van der Waals surface area contributed by atoms with Gasteiger partial charge in [-0.05, 0) is 41.3 Å². The SMILES string of the molecule is COc1ccc(/C=C/C(=O)NCc2cc(-c3cccs3)n(C)n2)cc1OC. The lowest BCUT2D eigenvalue weighted by atomic mass is 10.2. The molecule has 7 heteroatoms. The van der Waals surface area contributed by atoms with Crippen molar-refractivity contribution in [3.8, 4) is 22.1 Å². The highest BCUT2D eigenvalue weighted by Crippen LogP contribution is 2.28. The van der Waals surface area contributed by atoms with Crippen LogP contribution in [0.15, 0.2) is 47.9 Å². The van der Waals surface area contributed by atoms with E-state index >= 15 is 0 Å². The molecule has 0 aliphatic rings. The molecule has 0 spiro atoms. The number of rotatable bonds is 7. The van der Waals surface area contributed by atoms with Gasteiger partial charge in [0.15, 0.2) is 11.5 Å². The maximum absolute atomic E-state index is 12.1. The van der Waals surface area contributed by atoms with Crippen LogP contribution in [0.3, 0.4) is 0 Å². The van der Waals surface area contributed by atoms with Crippen molar-refractivity contribution in [3.63, 3.8) is 0 Å². The average Bonchev–Trinajstić information content (AvgIpc) is 3.33. The van der Waals surface area contributed by atoms with Gasteiger partial charge in [0.1, 0.15) is 0 Å². The molecule has 2 heterocycles. The summed E-state index contributed by atoms with van der Waals surface area (Å²) in [6, 6.07) is 11.5. The fourth-order valence-electron chi connectivity index (χ4n) is 2.63. The molecule has 0 aliphatic carbocycles. The summed E-state index contributed by atoms with van der Waals surface area (Å²) in [6.07, 6.45) is 3.22. The molecule has 27 heavy (non-hydrogen) atoms. The van der Waals surface area contributed by atoms with E-state index in [1.807, 2.05) is 41.4 Å². The summed E-state index contributed by atoms with van der Waals surface area (Å²) in [6.45, 7) is 0.369. The predicted molar refractivity (Wildman–Crippen MR) is 107 cm³/mol. The topological polar surface area (TPSA) is 65.4 Å². The molecule has 140 valence electrons. The fourth-order valence-corrected chi connectivity index (χ4v) is 3.41. The number of carbonyl (C=O) groups excluding carboxylic acids is 1. The monoisotopic (exact) mass is 383 g/mol. The third kappa shape index (κ3) is 4.57. The van der Waals surface area contributed by atoms with Crippen LogP contribution in [0.4, 0.5) is 0 Å². The molecule has 0 unspecified atom stereocenters. The van der Waals surface area contributed by atoms with Crippen molar-refractivity contribution in [2.24, 2.45) is 7.05 Å². The zero-order valence-electron chi connectivity index (χ0n) is 15.4. The lowest BCUT2D eigenvalue weighted by Crippen LogP contribution is -2.20. The Bertz CT molecular complexity index is 946. The van der Waals surface area contributed by atoms with Crippen LogP contribution in [-0.4, -0.2) is 29.9 Å². The molecule has 1 aromatic carbocycles. The van der Waals surface area contributed by atoms with Crippen LogP contribution in [0.1, 0.15) is 11.3 Å². The van der Waals surface area contributed by atoms with Crippen molar-refractivity contribution in [1.82, 2.24) is 15.1 Å². The molecule has 2 aromatic heterocycles. The van der Waals surface area contributed by atoms with Gasteiger partial charge in [0, 0.05) is 13.1 Å². The van der Waals surface area contributed by atoms with E-state index in [4.69, 9.17) is 9.47 Å². The summed E-state index contributed by atoms with van der Waals surface area (Å²) < 4.78 is 12.3. The molecule has 1 amide bonds. The Morgan fingerprint density at radius 2 is 2.04 bits per heavy atom. The van der Waals surface area contributed by atoms with Crippen LogP contribution in [0.5, 0.6) is 11.5 Å². The quantitative estimate of drug-likeness (QED) is 0.634. The summed E-state index contributed by atoms with van der Waals surface area (Å²) in [5.41, 5.74) is 2.70. The first-order valence-electron chi connectivity index (χ1n) is 8.35. The van der Waals surface area contributed by atoms with Gasteiger partial charge in [-0.3, -0.25) is 9.48 Å². The summed E-state index contributed by atoms with van der Waals surface area (Å²) in [7, 11) is 5.06. The summed E-state index contributed by atoms with van der Waals surface area (Å²) >= 11 is 1.66. The maximum atomic E-state index is 12.1. The van der Waals surface area contributed by atoms with Crippen LogP contribution >= 0.6 is 11.3 Å². The summed E-state index contributed by atoms with van der Waals surface area (Å²) in [5.74, 6) is 1.08. The predicted octanol–water partition coefficient (Wildman–Crippen LogP) is 3.50. The average molecular weight is 383 g/mol. The van der Waals surface area contributed by atoms with Gasteiger partial charge in [-0.25, -0.2) is 0 Å². The molecule has 3 rings (SSSR count). The summed E-state index contributed by atoms with van der Waals surface area (Å²) in [5, 5.41) is 9.34. The number of nitrogens with one attached hydrogen (secondary N) is 1. The Hall–Kier alpha value is -3.06. The third-order valence-corrected chi connectivity index (χ3v) is 4.87. The van der Waals surface area contributed by atoms with Gasteiger partial charge in [-0.2, -0.15) is 5.10 Å². The number of amides is 1. The van der Waals surface area contributed by atoms with E-state index in [9.17, 15) is 4.79 Å². The van der Waals surface area contributed by atoms with Crippen molar-refractivity contribution in [3.05, 3.63) is 59.1 Å². The van der Waals surface area contributed by atoms with E-state index in [1.165, 1.54) is 6.08 Å². The van der Waals surface area contributed by atoms with Gasteiger partial charge in [-0.15, -0.1) is 11.3 Å². The second kappa shape index (κ2) is 8.55. The second-order valence-electron chi connectivity index (χ2n) is 5.79. The number of aromatic nitrogens is 2. The largest absolute Gasteiger partial charge is 0.493 e. The highest BCUT2D eigenvalue weighted by Gasteiger charge is 2.09. The molecule has 1 N–H and O–H groups in total. The van der Waals surface area contributed by atoms with Crippen molar-refractivity contribution < 1.29 is 14.3 Å². The molecule has 0 fully saturated rings. The van der Waals surface area contributed by atoms with E-state index in [0.29, 0.717) is 18.0 Å². The van der Waals surface area contributed by atoms with Gasteiger partial charge in [0.05, 0.1) is 37.0 Å². The summed E-state index contributed by atoms with van der Waals surface area (Å²) in [4.78, 5) is 13.3. The van der Waals surface area contributed by atoms with E-state index in [0.717, 1.165) is 21.8 Å². The molecule has 0 saturated carbocycles. The molecule has 3 aromatic rings. The minimum Gasteiger partial charge on any atom is -0.493 e. The molecule has 0 saturated heterocycles. The van der Waals surface area contributed by atoms with Crippen LogP contribution in [0, 0.1) is 0 Å². The Morgan fingerprint density at radius 3 is 2.74 bits per heavy atom. The molecule has 0 bridgehead atoms. The number of aryl methyl sites for hydroxylation is 1. The zero-order chi connectivity index (χ0) is 19.2. The van der Waals surface area contributed by atoms with Gasteiger partial charge in [0.25, 0.3) is 0 Å².